The molecule has 2 heterocycles. The smallest absolute Gasteiger partial charge is 0.377 e. The van der Waals surface area contributed by atoms with Gasteiger partial charge in [-0.15, -0.1) is 0 Å². The fourth-order valence-electron chi connectivity index (χ4n) is 3.58. The average molecular weight is 338 g/mol. The van der Waals surface area contributed by atoms with Gasteiger partial charge in [-0.3, -0.25) is 0 Å². The molecule has 2 aliphatic rings. The first-order valence-corrected chi connectivity index (χ1v) is 8.86. The second-order valence-corrected chi connectivity index (χ2v) is 6.53. The largest absolute Gasteiger partial charge is 0.389 e. The standard InChI is InChI=1S/C16H26N4O4/c21-20(22)16-7-9-19(18-16)15-6-2-1-5-14(15)17-8-11-23-12-13-4-3-10-24-13/h7,9,13-15,17H,1-6,8,10-12H2. The van der Waals surface area contributed by atoms with Crippen molar-refractivity contribution in [3.63, 3.8) is 0 Å². The van der Waals surface area contributed by atoms with Crippen LogP contribution in [-0.2, 0) is 9.47 Å². The van der Waals surface area contributed by atoms with E-state index in [4.69, 9.17) is 9.47 Å². The Morgan fingerprint density at radius 1 is 1.38 bits per heavy atom. The van der Waals surface area contributed by atoms with E-state index in [1.54, 1.807) is 10.9 Å². The second kappa shape index (κ2) is 8.55. The van der Waals surface area contributed by atoms with Gasteiger partial charge in [-0.25, -0.2) is 0 Å². The van der Waals surface area contributed by atoms with Crippen molar-refractivity contribution in [2.45, 2.75) is 56.7 Å². The maximum Gasteiger partial charge on any atom is 0.389 e. The summed E-state index contributed by atoms with van der Waals surface area (Å²) in [4.78, 5) is 10.4. The van der Waals surface area contributed by atoms with E-state index in [0.717, 1.165) is 45.3 Å². The summed E-state index contributed by atoms with van der Waals surface area (Å²) in [5.74, 6) is -0.0841. The van der Waals surface area contributed by atoms with Gasteiger partial charge in [0.15, 0.2) is 0 Å². The number of nitrogens with one attached hydrogen (secondary N) is 1. The quantitative estimate of drug-likeness (QED) is 0.443. The molecule has 134 valence electrons. The molecule has 3 rings (SSSR count). The molecule has 0 aromatic carbocycles. The van der Waals surface area contributed by atoms with Crippen LogP contribution in [0.1, 0.15) is 44.6 Å². The van der Waals surface area contributed by atoms with Gasteiger partial charge < -0.3 is 24.9 Å². The molecule has 3 atom stereocenters. The van der Waals surface area contributed by atoms with E-state index in [1.807, 2.05) is 0 Å². The molecule has 0 bridgehead atoms. The van der Waals surface area contributed by atoms with Crippen molar-refractivity contribution in [3.8, 4) is 0 Å². The van der Waals surface area contributed by atoms with Gasteiger partial charge in [0.25, 0.3) is 0 Å². The zero-order chi connectivity index (χ0) is 16.8. The van der Waals surface area contributed by atoms with Gasteiger partial charge >= 0.3 is 5.82 Å². The van der Waals surface area contributed by atoms with Crippen LogP contribution in [0.5, 0.6) is 0 Å². The number of rotatable bonds is 8. The Balaban J connectivity index is 1.44. The van der Waals surface area contributed by atoms with Crippen LogP contribution in [0.15, 0.2) is 12.3 Å². The summed E-state index contributed by atoms with van der Waals surface area (Å²) in [6, 6.07) is 1.92. The van der Waals surface area contributed by atoms with Crippen LogP contribution in [-0.4, -0.2) is 53.2 Å². The highest BCUT2D eigenvalue weighted by atomic mass is 16.6. The van der Waals surface area contributed by atoms with Crippen molar-refractivity contribution < 1.29 is 14.4 Å². The highest BCUT2D eigenvalue weighted by molar-refractivity contribution is 5.14. The van der Waals surface area contributed by atoms with E-state index >= 15 is 0 Å². The Labute approximate surface area is 141 Å². The summed E-state index contributed by atoms with van der Waals surface area (Å²) in [5.41, 5.74) is 0. The average Bonchev–Trinajstić information content (AvgIpc) is 3.27. The van der Waals surface area contributed by atoms with Crippen LogP contribution >= 0.6 is 0 Å². The fraction of sp³-hybridized carbons (Fsp3) is 0.812. The lowest BCUT2D eigenvalue weighted by atomic mass is 9.90. The van der Waals surface area contributed by atoms with Gasteiger partial charge in [0, 0.05) is 19.2 Å². The van der Waals surface area contributed by atoms with E-state index in [1.165, 1.54) is 12.5 Å². The molecule has 0 radical (unpaired) electrons. The molecule has 8 heteroatoms. The summed E-state index contributed by atoms with van der Waals surface area (Å²) in [6.07, 6.45) is 8.56. The fourth-order valence-corrected chi connectivity index (χ4v) is 3.58. The van der Waals surface area contributed by atoms with Crippen LogP contribution in [0.25, 0.3) is 0 Å². The third-order valence-corrected chi connectivity index (χ3v) is 4.83. The van der Waals surface area contributed by atoms with Gasteiger partial charge in [0.1, 0.15) is 0 Å². The van der Waals surface area contributed by atoms with Crippen LogP contribution in [0.4, 0.5) is 5.82 Å². The maximum absolute atomic E-state index is 10.8. The van der Waals surface area contributed by atoms with E-state index < -0.39 is 4.92 Å². The molecule has 0 spiro atoms. The molecule has 0 amide bonds. The number of nitrogens with zero attached hydrogens (tertiary/aromatic N) is 3. The topological polar surface area (TPSA) is 91.5 Å². The zero-order valence-electron chi connectivity index (χ0n) is 13.9. The summed E-state index contributed by atoms with van der Waals surface area (Å²) < 4.78 is 13.0. The zero-order valence-corrected chi connectivity index (χ0v) is 13.9. The molecule has 2 fully saturated rings. The number of aromatic nitrogens is 2. The lowest BCUT2D eigenvalue weighted by Crippen LogP contribution is -2.41. The molecule has 1 N–H and O–H groups in total. The normalized spacial score (nSPS) is 27.4. The van der Waals surface area contributed by atoms with Gasteiger partial charge in [-0.05, 0) is 30.6 Å². The van der Waals surface area contributed by atoms with Crippen molar-refractivity contribution >= 4 is 5.82 Å². The van der Waals surface area contributed by atoms with Gasteiger partial charge in [0.05, 0.1) is 42.7 Å². The molecule has 1 aromatic heterocycles. The van der Waals surface area contributed by atoms with E-state index in [-0.39, 0.29) is 24.0 Å². The minimum atomic E-state index is -0.444. The minimum absolute atomic E-state index is 0.0841. The summed E-state index contributed by atoms with van der Waals surface area (Å²) in [7, 11) is 0. The third kappa shape index (κ3) is 4.52. The van der Waals surface area contributed by atoms with E-state index in [0.29, 0.717) is 13.2 Å². The Morgan fingerprint density at radius 2 is 2.25 bits per heavy atom. The molecule has 8 nitrogen and oxygen atoms in total. The first kappa shape index (κ1) is 17.3. The lowest BCUT2D eigenvalue weighted by Gasteiger charge is -2.30. The first-order chi connectivity index (χ1) is 11.7. The monoisotopic (exact) mass is 338 g/mol. The Bertz CT molecular complexity index is 530. The molecular formula is C16H26N4O4. The molecule has 1 aliphatic carbocycles. The van der Waals surface area contributed by atoms with Gasteiger partial charge in [-0.2, -0.15) is 4.68 Å². The molecule has 1 aliphatic heterocycles. The second-order valence-electron chi connectivity index (χ2n) is 6.53. The van der Waals surface area contributed by atoms with Crippen molar-refractivity contribution in [3.05, 3.63) is 22.4 Å². The maximum atomic E-state index is 10.8. The Morgan fingerprint density at radius 3 is 3.00 bits per heavy atom. The van der Waals surface area contributed by atoms with E-state index in [2.05, 4.69) is 10.4 Å². The van der Waals surface area contributed by atoms with Gasteiger partial charge in [0.2, 0.25) is 0 Å². The Kier molecular flexibility index (Phi) is 6.17. The Hall–Kier alpha value is -1.51. The minimum Gasteiger partial charge on any atom is -0.377 e. The van der Waals surface area contributed by atoms with Crippen LogP contribution in [0.3, 0.4) is 0 Å². The van der Waals surface area contributed by atoms with Crippen molar-refractivity contribution in [2.24, 2.45) is 0 Å². The van der Waals surface area contributed by atoms with Crippen molar-refractivity contribution in [1.82, 2.24) is 15.1 Å². The third-order valence-electron chi connectivity index (χ3n) is 4.83. The summed E-state index contributed by atoms with van der Waals surface area (Å²) in [6.45, 7) is 2.95. The van der Waals surface area contributed by atoms with E-state index in [9.17, 15) is 10.1 Å². The molecular weight excluding hydrogens is 312 g/mol. The van der Waals surface area contributed by atoms with Crippen molar-refractivity contribution in [2.75, 3.05) is 26.4 Å². The summed E-state index contributed by atoms with van der Waals surface area (Å²) >= 11 is 0. The van der Waals surface area contributed by atoms with Gasteiger partial charge in [-0.1, -0.05) is 12.8 Å². The van der Waals surface area contributed by atoms with Crippen LogP contribution in [0.2, 0.25) is 0 Å². The molecule has 1 saturated heterocycles. The molecule has 1 aromatic rings. The number of hydrogen-bond donors (Lipinski definition) is 1. The predicted octanol–water partition coefficient (Wildman–Crippen LogP) is 2.06. The first-order valence-electron chi connectivity index (χ1n) is 8.86. The lowest BCUT2D eigenvalue weighted by molar-refractivity contribution is -0.389. The SMILES string of the molecule is O=[N+]([O-])c1ccn(C2CCCCC2NCCOCC2CCCO2)n1. The predicted molar refractivity (Wildman–Crippen MR) is 88.0 cm³/mol. The van der Waals surface area contributed by atoms with Crippen LogP contribution < -0.4 is 5.32 Å². The summed E-state index contributed by atoms with van der Waals surface area (Å²) in [5, 5.41) is 18.5. The number of nitro groups is 1. The van der Waals surface area contributed by atoms with Crippen LogP contribution in [0, 0.1) is 10.1 Å². The number of hydrogen-bond acceptors (Lipinski definition) is 6. The molecule has 1 saturated carbocycles. The molecule has 24 heavy (non-hydrogen) atoms. The van der Waals surface area contributed by atoms with Crippen molar-refractivity contribution in [1.29, 1.82) is 0 Å². The molecule has 3 unspecified atom stereocenters. The highest BCUT2D eigenvalue weighted by Crippen LogP contribution is 2.29. The number of ether oxygens (including phenoxy) is 2. The highest BCUT2D eigenvalue weighted by Gasteiger charge is 2.29.